The second-order valence-corrected chi connectivity index (χ2v) is 7.39. The van der Waals surface area contributed by atoms with E-state index in [2.05, 4.69) is 48.3 Å². The smallest absolute Gasteiger partial charge is 0.145 e. The van der Waals surface area contributed by atoms with Gasteiger partial charge in [0.25, 0.3) is 0 Å². The number of methoxy groups -OCH3 is 1. The summed E-state index contributed by atoms with van der Waals surface area (Å²) in [6, 6.07) is 6.15. The van der Waals surface area contributed by atoms with Gasteiger partial charge in [-0.25, -0.2) is 4.98 Å². The third-order valence-electron chi connectivity index (χ3n) is 5.36. The Bertz CT molecular complexity index is 974. The van der Waals surface area contributed by atoms with Crippen molar-refractivity contribution in [3.8, 4) is 5.75 Å². The van der Waals surface area contributed by atoms with Gasteiger partial charge in [-0.05, 0) is 18.6 Å². The maximum absolute atomic E-state index is 5.51. The summed E-state index contributed by atoms with van der Waals surface area (Å²) in [4.78, 5) is 12.0. The van der Waals surface area contributed by atoms with Gasteiger partial charge in [-0.3, -0.25) is 4.98 Å². The molecule has 0 radical (unpaired) electrons. The van der Waals surface area contributed by atoms with Crippen LogP contribution in [0.4, 0.5) is 5.69 Å². The Labute approximate surface area is 154 Å². The van der Waals surface area contributed by atoms with Crippen molar-refractivity contribution in [1.29, 1.82) is 0 Å². The van der Waals surface area contributed by atoms with E-state index < -0.39 is 0 Å². The van der Waals surface area contributed by atoms with Gasteiger partial charge in [0.2, 0.25) is 0 Å². The lowest BCUT2D eigenvalue weighted by atomic mass is 10.0. The first-order valence-electron chi connectivity index (χ1n) is 9.23. The number of aryl methyl sites for hydroxylation is 1. The Morgan fingerprint density at radius 2 is 2.04 bits per heavy atom. The summed E-state index contributed by atoms with van der Waals surface area (Å²) in [5.74, 6) is 2.43. The van der Waals surface area contributed by atoms with Crippen molar-refractivity contribution in [2.24, 2.45) is 7.05 Å². The van der Waals surface area contributed by atoms with Gasteiger partial charge in [-0.15, -0.1) is 0 Å². The quantitative estimate of drug-likeness (QED) is 0.717. The van der Waals surface area contributed by atoms with Gasteiger partial charge >= 0.3 is 0 Å². The second kappa shape index (κ2) is 6.31. The van der Waals surface area contributed by atoms with E-state index in [1.165, 1.54) is 28.5 Å². The predicted octanol–water partition coefficient (Wildman–Crippen LogP) is 3.97. The topological polar surface area (TPSA) is 43.2 Å². The Balaban J connectivity index is 1.80. The second-order valence-electron chi connectivity index (χ2n) is 7.39. The number of aromatic nitrogens is 3. The number of para-hydroxylation sites is 1. The molecular formula is C21H26N4O. The molecule has 0 fully saturated rings. The molecule has 0 N–H and O–H groups in total. The van der Waals surface area contributed by atoms with Gasteiger partial charge < -0.3 is 14.2 Å². The van der Waals surface area contributed by atoms with Crippen LogP contribution in [-0.2, 0) is 20.0 Å². The summed E-state index contributed by atoms with van der Waals surface area (Å²) < 4.78 is 7.80. The van der Waals surface area contributed by atoms with Crippen LogP contribution in [-0.4, -0.2) is 28.2 Å². The van der Waals surface area contributed by atoms with E-state index in [1.807, 2.05) is 18.3 Å². The molecule has 2 aromatic heterocycles. The van der Waals surface area contributed by atoms with Crippen LogP contribution in [0, 0.1) is 6.92 Å². The van der Waals surface area contributed by atoms with E-state index in [4.69, 9.17) is 9.72 Å². The van der Waals surface area contributed by atoms with Crippen molar-refractivity contribution < 1.29 is 4.74 Å². The molecule has 0 saturated heterocycles. The summed E-state index contributed by atoms with van der Waals surface area (Å²) in [6.07, 6.45) is 2.96. The number of hydrogen-bond donors (Lipinski definition) is 0. The van der Waals surface area contributed by atoms with Crippen LogP contribution in [0.1, 0.15) is 42.5 Å². The molecule has 5 nitrogen and oxygen atoms in total. The molecular weight excluding hydrogens is 324 g/mol. The number of fused-ring (bicyclic) bond motifs is 2. The summed E-state index contributed by atoms with van der Waals surface area (Å²) >= 11 is 0. The van der Waals surface area contributed by atoms with Crippen molar-refractivity contribution in [1.82, 2.24) is 14.5 Å². The van der Waals surface area contributed by atoms with Crippen LogP contribution in [0.3, 0.4) is 0 Å². The zero-order chi connectivity index (χ0) is 18.4. The minimum absolute atomic E-state index is 0.437. The number of anilines is 1. The van der Waals surface area contributed by atoms with Crippen molar-refractivity contribution in [3.05, 3.63) is 47.2 Å². The molecule has 0 atom stereocenters. The number of benzene rings is 1. The monoisotopic (exact) mass is 350 g/mol. The fraction of sp³-hybridized carbons (Fsp3) is 0.429. The van der Waals surface area contributed by atoms with E-state index in [1.54, 1.807) is 7.11 Å². The molecule has 5 heteroatoms. The third-order valence-corrected chi connectivity index (χ3v) is 5.36. The van der Waals surface area contributed by atoms with Crippen molar-refractivity contribution in [2.45, 2.75) is 39.7 Å². The number of nitrogens with zero attached hydrogens (tertiary/aromatic N) is 4. The van der Waals surface area contributed by atoms with E-state index in [9.17, 15) is 0 Å². The molecule has 3 aromatic rings. The lowest BCUT2D eigenvalue weighted by molar-refractivity contribution is 0.419. The molecule has 1 aliphatic rings. The highest BCUT2D eigenvalue weighted by Crippen LogP contribution is 2.36. The zero-order valence-electron chi connectivity index (χ0n) is 16.2. The first kappa shape index (κ1) is 16.9. The van der Waals surface area contributed by atoms with Gasteiger partial charge in [-0.1, -0.05) is 26.0 Å². The summed E-state index contributed by atoms with van der Waals surface area (Å²) in [5, 5.41) is 1.15. The Kier molecular flexibility index (Phi) is 4.10. The molecule has 0 aliphatic carbocycles. The molecule has 136 valence electrons. The van der Waals surface area contributed by atoms with Crippen LogP contribution >= 0.6 is 0 Å². The SMILES string of the molecule is COc1cccc2c(N3CCc4c(nc(C(C)C)n4C)C3)c(C)cnc12. The van der Waals surface area contributed by atoms with Crippen LogP contribution < -0.4 is 9.64 Å². The first-order valence-corrected chi connectivity index (χ1v) is 9.23. The number of rotatable bonds is 3. The lowest BCUT2D eigenvalue weighted by Gasteiger charge is -2.31. The van der Waals surface area contributed by atoms with Crippen LogP contribution in [0.2, 0.25) is 0 Å². The van der Waals surface area contributed by atoms with Crippen LogP contribution in [0.15, 0.2) is 24.4 Å². The number of imidazole rings is 1. The van der Waals surface area contributed by atoms with Crippen LogP contribution in [0.25, 0.3) is 10.9 Å². The third kappa shape index (κ3) is 2.54. The lowest BCUT2D eigenvalue weighted by Crippen LogP contribution is -2.31. The highest BCUT2D eigenvalue weighted by Gasteiger charge is 2.26. The molecule has 0 spiro atoms. The Morgan fingerprint density at radius 1 is 1.23 bits per heavy atom. The molecule has 0 saturated carbocycles. The standard InChI is InChI=1S/C21H26N4O/c1-13(2)21-23-16-12-25(10-9-17(16)24(21)4)20-14(3)11-22-19-15(20)7-6-8-18(19)26-5/h6-8,11,13H,9-10,12H2,1-5H3. The molecule has 0 unspecified atom stereocenters. The average Bonchev–Trinajstić information content (AvgIpc) is 2.97. The Morgan fingerprint density at radius 3 is 2.77 bits per heavy atom. The van der Waals surface area contributed by atoms with Gasteiger partial charge in [0.15, 0.2) is 0 Å². The predicted molar refractivity (Wildman–Crippen MR) is 105 cm³/mol. The van der Waals surface area contributed by atoms with Crippen molar-refractivity contribution >= 4 is 16.6 Å². The van der Waals surface area contributed by atoms with Crippen LogP contribution in [0.5, 0.6) is 5.75 Å². The molecule has 26 heavy (non-hydrogen) atoms. The molecule has 4 rings (SSSR count). The summed E-state index contributed by atoms with van der Waals surface area (Å²) in [5.41, 5.74) is 5.93. The fourth-order valence-electron chi connectivity index (χ4n) is 4.12. The largest absolute Gasteiger partial charge is 0.494 e. The van der Waals surface area contributed by atoms with Gasteiger partial charge in [0.1, 0.15) is 17.1 Å². The molecule has 3 heterocycles. The summed E-state index contributed by atoms with van der Waals surface area (Å²) in [7, 11) is 3.85. The number of ether oxygens (including phenoxy) is 1. The van der Waals surface area contributed by atoms with Crippen molar-refractivity contribution in [3.63, 3.8) is 0 Å². The number of pyridine rings is 1. The molecule has 1 aliphatic heterocycles. The fourth-order valence-corrected chi connectivity index (χ4v) is 4.12. The van der Waals surface area contributed by atoms with E-state index in [0.29, 0.717) is 5.92 Å². The van der Waals surface area contributed by atoms with E-state index in [0.717, 1.165) is 36.2 Å². The molecule has 0 bridgehead atoms. The van der Waals surface area contributed by atoms with Gasteiger partial charge in [-0.2, -0.15) is 0 Å². The highest BCUT2D eigenvalue weighted by atomic mass is 16.5. The Hall–Kier alpha value is -2.56. The van der Waals surface area contributed by atoms with Crippen molar-refractivity contribution in [2.75, 3.05) is 18.6 Å². The molecule has 1 aromatic carbocycles. The maximum atomic E-state index is 5.51. The first-order chi connectivity index (χ1) is 12.5. The van der Waals surface area contributed by atoms with E-state index >= 15 is 0 Å². The highest BCUT2D eigenvalue weighted by molar-refractivity contribution is 5.96. The average molecular weight is 350 g/mol. The van der Waals surface area contributed by atoms with Gasteiger partial charge in [0, 0.05) is 43.2 Å². The zero-order valence-corrected chi connectivity index (χ0v) is 16.2. The molecule has 0 amide bonds. The normalized spacial score (nSPS) is 14.2. The summed E-state index contributed by atoms with van der Waals surface area (Å²) in [6.45, 7) is 8.37. The minimum atomic E-state index is 0.437. The van der Waals surface area contributed by atoms with Gasteiger partial charge in [0.05, 0.1) is 25.0 Å². The van der Waals surface area contributed by atoms with E-state index in [-0.39, 0.29) is 0 Å². The maximum Gasteiger partial charge on any atom is 0.145 e. The minimum Gasteiger partial charge on any atom is -0.494 e. The number of hydrogen-bond acceptors (Lipinski definition) is 4.